The van der Waals surface area contributed by atoms with Crippen molar-refractivity contribution in [2.75, 3.05) is 26.9 Å². The van der Waals surface area contributed by atoms with Crippen molar-refractivity contribution < 1.29 is 13.2 Å². The van der Waals surface area contributed by atoms with Crippen LogP contribution in [0.1, 0.15) is 28.9 Å². The Hall–Kier alpha value is -2.45. The van der Waals surface area contributed by atoms with Crippen molar-refractivity contribution in [1.29, 1.82) is 0 Å². The van der Waals surface area contributed by atoms with E-state index in [0.717, 1.165) is 9.87 Å². The number of carbonyl (C=O) groups excluding carboxylic acids is 1. The molecule has 2 aromatic rings. The predicted octanol–water partition coefficient (Wildman–Crippen LogP) is 1.75. The van der Waals surface area contributed by atoms with Gasteiger partial charge in [-0.25, -0.2) is 12.7 Å². The van der Waals surface area contributed by atoms with Crippen LogP contribution in [0, 0.1) is 0 Å². The molecule has 0 aliphatic carbocycles. The van der Waals surface area contributed by atoms with Crippen molar-refractivity contribution in [1.82, 2.24) is 14.2 Å². The summed E-state index contributed by atoms with van der Waals surface area (Å²) in [7, 11) is 0.841. The number of anilines is 1. The number of nitrogen functional groups attached to an aromatic ring is 1. The lowest BCUT2D eigenvalue weighted by atomic mass is 10.1. The molecular weight excluding hydrogens is 340 g/mol. The van der Waals surface area contributed by atoms with Gasteiger partial charge in [-0.05, 0) is 42.8 Å². The molecule has 25 heavy (non-hydrogen) atoms. The van der Waals surface area contributed by atoms with Gasteiger partial charge in [0.05, 0.1) is 10.9 Å². The summed E-state index contributed by atoms with van der Waals surface area (Å²) in [6.07, 6.45) is 3.32. The summed E-state index contributed by atoms with van der Waals surface area (Å²) in [5.74, 6) is -0.313. The first kappa shape index (κ1) is 18.9. The second-order valence-corrected chi connectivity index (χ2v) is 8.10. The second kappa shape index (κ2) is 7.20. The van der Waals surface area contributed by atoms with E-state index in [1.54, 1.807) is 19.4 Å². The highest BCUT2D eigenvalue weighted by molar-refractivity contribution is 7.89. The summed E-state index contributed by atoms with van der Waals surface area (Å²) < 4.78 is 25.7. The maximum absolute atomic E-state index is 12.8. The molecule has 0 aliphatic heterocycles. The van der Waals surface area contributed by atoms with Crippen molar-refractivity contribution in [3.8, 4) is 0 Å². The molecule has 1 atom stereocenters. The van der Waals surface area contributed by atoms with E-state index >= 15 is 0 Å². The summed E-state index contributed by atoms with van der Waals surface area (Å²) in [5.41, 5.74) is 7.19. The van der Waals surface area contributed by atoms with Crippen molar-refractivity contribution in [3.63, 3.8) is 0 Å². The molecule has 134 valence electrons. The Kier molecular flexibility index (Phi) is 5.44. The number of benzene rings is 1. The molecule has 0 bridgehead atoms. The maximum atomic E-state index is 12.8. The highest BCUT2D eigenvalue weighted by Gasteiger charge is 2.23. The van der Waals surface area contributed by atoms with Gasteiger partial charge in [0.1, 0.15) is 0 Å². The van der Waals surface area contributed by atoms with Gasteiger partial charge in [-0.2, -0.15) is 0 Å². The molecule has 0 saturated heterocycles. The molecule has 8 heteroatoms. The number of nitrogens with two attached hydrogens (primary N) is 1. The van der Waals surface area contributed by atoms with Crippen LogP contribution >= 0.6 is 0 Å². The molecule has 0 aliphatic rings. The number of nitrogens with zero attached hydrogens (tertiary/aromatic N) is 3. The third-order valence-electron chi connectivity index (χ3n) is 4.04. The van der Waals surface area contributed by atoms with Gasteiger partial charge in [-0.15, -0.1) is 0 Å². The number of amides is 1. The lowest BCUT2D eigenvalue weighted by Gasteiger charge is -2.25. The number of sulfonamides is 1. The van der Waals surface area contributed by atoms with Crippen LogP contribution in [0.15, 0.2) is 47.6 Å². The van der Waals surface area contributed by atoms with E-state index in [1.807, 2.05) is 19.1 Å². The molecule has 0 radical (unpaired) electrons. The molecule has 0 fully saturated rings. The van der Waals surface area contributed by atoms with Gasteiger partial charge in [0.2, 0.25) is 10.0 Å². The molecule has 2 N–H and O–H groups in total. The molecule has 1 heterocycles. The average Bonchev–Trinajstić information content (AvgIpc) is 2.59. The van der Waals surface area contributed by atoms with E-state index in [-0.39, 0.29) is 28.1 Å². The van der Waals surface area contributed by atoms with E-state index in [9.17, 15) is 13.2 Å². The molecule has 0 unspecified atom stereocenters. The van der Waals surface area contributed by atoms with Gasteiger partial charge in [0, 0.05) is 44.8 Å². The highest BCUT2D eigenvalue weighted by atomic mass is 32.2. The number of rotatable bonds is 5. The summed E-state index contributed by atoms with van der Waals surface area (Å²) in [4.78, 5) is 18.3. The molecule has 1 amide bonds. The third-order valence-corrected chi connectivity index (χ3v) is 5.84. The van der Waals surface area contributed by atoms with Crippen LogP contribution in [0.4, 0.5) is 5.69 Å². The molecule has 2 rings (SSSR count). The predicted molar refractivity (Wildman–Crippen MR) is 96.5 cm³/mol. The normalized spacial score (nSPS) is 12.8. The lowest BCUT2D eigenvalue weighted by molar-refractivity contribution is 0.0742. The Morgan fingerprint density at radius 3 is 2.28 bits per heavy atom. The van der Waals surface area contributed by atoms with E-state index < -0.39 is 10.0 Å². The molecule has 7 nitrogen and oxygen atoms in total. The fraction of sp³-hybridized carbons (Fsp3) is 0.294. The van der Waals surface area contributed by atoms with Crippen LogP contribution in [0.25, 0.3) is 0 Å². The van der Waals surface area contributed by atoms with Crippen LogP contribution in [0.2, 0.25) is 0 Å². The third kappa shape index (κ3) is 3.97. The average molecular weight is 362 g/mol. The first-order chi connectivity index (χ1) is 11.6. The van der Waals surface area contributed by atoms with Gasteiger partial charge < -0.3 is 10.6 Å². The zero-order chi connectivity index (χ0) is 18.8. The standard InChI is InChI=1S/C17H22N4O3S/c1-12(13-5-7-19-8-6-13)21(4)17(22)14-9-15(18)11-16(10-14)25(23,24)20(2)3/h5-12H,18H2,1-4H3/t12-/m0/s1. The first-order valence-electron chi connectivity index (χ1n) is 7.64. The van der Waals surface area contributed by atoms with E-state index in [1.165, 1.54) is 37.2 Å². The highest BCUT2D eigenvalue weighted by Crippen LogP contribution is 2.24. The van der Waals surface area contributed by atoms with Crippen LogP contribution in [0.5, 0.6) is 0 Å². The minimum atomic E-state index is -3.68. The quantitative estimate of drug-likeness (QED) is 0.817. The maximum Gasteiger partial charge on any atom is 0.254 e. The molecule has 0 spiro atoms. The van der Waals surface area contributed by atoms with Gasteiger partial charge >= 0.3 is 0 Å². The monoisotopic (exact) mass is 362 g/mol. The second-order valence-electron chi connectivity index (χ2n) is 5.95. The van der Waals surface area contributed by atoms with Crippen LogP contribution in [0.3, 0.4) is 0 Å². The zero-order valence-electron chi connectivity index (χ0n) is 14.7. The minimum Gasteiger partial charge on any atom is -0.399 e. The van der Waals surface area contributed by atoms with Gasteiger partial charge in [-0.3, -0.25) is 9.78 Å². The van der Waals surface area contributed by atoms with E-state index in [4.69, 9.17) is 5.73 Å². The van der Waals surface area contributed by atoms with Gasteiger partial charge in [-0.1, -0.05) is 0 Å². The lowest BCUT2D eigenvalue weighted by Crippen LogP contribution is -2.30. The molecule has 1 aromatic carbocycles. The number of hydrogen-bond donors (Lipinski definition) is 1. The molecule has 0 saturated carbocycles. The summed E-state index contributed by atoms with van der Waals surface area (Å²) in [5, 5.41) is 0. The van der Waals surface area contributed by atoms with Crippen molar-refractivity contribution in [2.45, 2.75) is 17.9 Å². The zero-order valence-corrected chi connectivity index (χ0v) is 15.5. The summed E-state index contributed by atoms with van der Waals surface area (Å²) in [6, 6.07) is 7.63. The largest absolute Gasteiger partial charge is 0.399 e. The number of aromatic nitrogens is 1. The van der Waals surface area contributed by atoms with Gasteiger partial charge in [0.15, 0.2) is 0 Å². The van der Waals surface area contributed by atoms with Crippen molar-refractivity contribution in [2.24, 2.45) is 0 Å². The summed E-state index contributed by atoms with van der Waals surface area (Å²) >= 11 is 0. The van der Waals surface area contributed by atoms with Crippen LogP contribution in [-0.4, -0.2) is 49.7 Å². The Labute approximate surface area is 148 Å². The summed E-state index contributed by atoms with van der Waals surface area (Å²) in [6.45, 7) is 1.89. The minimum absolute atomic E-state index is 0.00851. The molecule has 1 aromatic heterocycles. The van der Waals surface area contributed by atoms with E-state index in [2.05, 4.69) is 4.98 Å². The SMILES string of the molecule is C[C@@H](c1ccncc1)N(C)C(=O)c1cc(N)cc(S(=O)(=O)N(C)C)c1. The van der Waals surface area contributed by atoms with Crippen LogP contribution < -0.4 is 5.73 Å². The fourth-order valence-corrected chi connectivity index (χ4v) is 3.33. The molecular formula is C17H22N4O3S. The number of carbonyl (C=O) groups is 1. The van der Waals surface area contributed by atoms with Gasteiger partial charge in [0.25, 0.3) is 5.91 Å². The number of hydrogen-bond acceptors (Lipinski definition) is 5. The Bertz CT molecular complexity index is 867. The van der Waals surface area contributed by atoms with Crippen LogP contribution in [-0.2, 0) is 10.0 Å². The number of pyridine rings is 1. The smallest absolute Gasteiger partial charge is 0.254 e. The Balaban J connectivity index is 2.38. The Morgan fingerprint density at radius 2 is 1.72 bits per heavy atom. The Morgan fingerprint density at radius 1 is 1.12 bits per heavy atom. The van der Waals surface area contributed by atoms with Crippen molar-refractivity contribution >= 4 is 21.6 Å². The topological polar surface area (TPSA) is 96.6 Å². The fourth-order valence-electron chi connectivity index (χ4n) is 2.35. The first-order valence-corrected chi connectivity index (χ1v) is 9.08. The van der Waals surface area contributed by atoms with Crippen molar-refractivity contribution in [3.05, 3.63) is 53.9 Å². The van der Waals surface area contributed by atoms with E-state index in [0.29, 0.717) is 0 Å².